The molecule has 0 saturated heterocycles. The van der Waals surface area contributed by atoms with Crippen LogP contribution < -0.4 is 5.32 Å². The lowest BCUT2D eigenvalue weighted by atomic mass is 10.2. The number of halogens is 2. The molecule has 0 aliphatic heterocycles. The second-order valence-corrected chi connectivity index (χ2v) is 3.98. The highest BCUT2D eigenvalue weighted by Crippen LogP contribution is 2.11. The third kappa shape index (κ3) is 3.34. The number of aromatic nitrogens is 1. The van der Waals surface area contributed by atoms with Gasteiger partial charge in [-0.25, -0.2) is 8.78 Å². The summed E-state index contributed by atoms with van der Waals surface area (Å²) in [6.45, 7) is 0.862. The molecule has 0 aliphatic carbocycles. The molecule has 1 aromatic carbocycles. The van der Waals surface area contributed by atoms with E-state index in [4.69, 9.17) is 0 Å². The summed E-state index contributed by atoms with van der Waals surface area (Å²) >= 11 is 0. The van der Waals surface area contributed by atoms with Gasteiger partial charge in [0.25, 0.3) is 0 Å². The predicted octanol–water partition coefficient (Wildman–Crippen LogP) is 2.69. The van der Waals surface area contributed by atoms with E-state index in [2.05, 4.69) is 10.3 Å². The molecule has 1 aromatic heterocycles. The Morgan fingerprint density at radius 1 is 1.00 bits per heavy atom. The summed E-state index contributed by atoms with van der Waals surface area (Å²) in [4.78, 5) is 3.92. The Labute approximate surface area is 105 Å². The van der Waals surface area contributed by atoms with Crippen LogP contribution in [-0.4, -0.2) is 11.5 Å². The number of hydrogen-bond acceptors (Lipinski definition) is 2. The van der Waals surface area contributed by atoms with Crippen molar-refractivity contribution in [1.82, 2.24) is 10.3 Å². The summed E-state index contributed by atoms with van der Waals surface area (Å²) in [6, 6.07) is 7.74. The normalized spacial score (nSPS) is 10.6. The lowest BCUT2D eigenvalue weighted by Crippen LogP contribution is -2.18. The van der Waals surface area contributed by atoms with E-state index in [1.807, 2.05) is 12.1 Å². The molecule has 0 spiro atoms. The first-order valence-electron chi connectivity index (χ1n) is 5.80. The van der Waals surface area contributed by atoms with E-state index in [-0.39, 0.29) is 12.1 Å². The van der Waals surface area contributed by atoms with Gasteiger partial charge in [-0.05, 0) is 42.8 Å². The van der Waals surface area contributed by atoms with Crippen molar-refractivity contribution in [1.29, 1.82) is 0 Å². The van der Waals surface area contributed by atoms with E-state index < -0.39 is 11.6 Å². The Morgan fingerprint density at radius 3 is 2.33 bits per heavy atom. The number of hydrogen-bond donors (Lipinski definition) is 1. The van der Waals surface area contributed by atoms with Crippen molar-refractivity contribution < 1.29 is 8.78 Å². The van der Waals surface area contributed by atoms with Crippen LogP contribution in [0.4, 0.5) is 8.78 Å². The second kappa shape index (κ2) is 6.21. The summed E-state index contributed by atoms with van der Waals surface area (Å²) < 4.78 is 26.6. The fourth-order valence-corrected chi connectivity index (χ4v) is 1.70. The largest absolute Gasteiger partial charge is 0.312 e. The summed E-state index contributed by atoms with van der Waals surface area (Å²) in [5.41, 5.74) is 1.23. The van der Waals surface area contributed by atoms with Crippen LogP contribution in [0.15, 0.2) is 42.7 Å². The molecule has 0 unspecified atom stereocenters. The van der Waals surface area contributed by atoms with Gasteiger partial charge in [-0.1, -0.05) is 6.07 Å². The van der Waals surface area contributed by atoms with E-state index >= 15 is 0 Å². The highest BCUT2D eigenvalue weighted by Gasteiger charge is 2.06. The van der Waals surface area contributed by atoms with Crippen molar-refractivity contribution in [2.75, 3.05) is 6.54 Å². The molecule has 0 fully saturated rings. The number of nitrogens with zero attached hydrogens (tertiary/aromatic N) is 1. The molecule has 0 radical (unpaired) electrons. The lowest BCUT2D eigenvalue weighted by molar-refractivity contribution is 0.536. The third-order valence-electron chi connectivity index (χ3n) is 2.70. The van der Waals surface area contributed by atoms with E-state index in [0.29, 0.717) is 6.54 Å². The Morgan fingerprint density at radius 2 is 1.67 bits per heavy atom. The summed E-state index contributed by atoms with van der Waals surface area (Å²) in [6.07, 6.45) is 4.26. The average molecular weight is 248 g/mol. The minimum Gasteiger partial charge on any atom is -0.312 e. The van der Waals surface area contributed by atoms with Crippen molar-refractivity contribution in [3.8, 4) is 0 Å². The van der Waals surface area contributed by atoms with Crippen LogP contribution in [0.25, 0.3) is 0 Å². The Balaban J connectivity index is 1.82. The molecule has 0 amide bonds. The van der Waals surface area contributed by atoms with Gasteiger partial charge < -0.3 is 5.32 Å². The van der Waals surface area contributed by atoms with Gasteiger partial charge in [-0.15, -0.1) is 0 Å². The van der Waals surface area contributed by atoms with Gasteiger partial charge in [-0.3, -0.25) is 4.98 Å². The molecule has 0 aliphatic rings. The standard InChI is InChI=1S/C14H14F2N2/c15-13-2-1-3-14(16)12(13)10-18-9-6-11-4-7-17-8-5-11/h1-5,7-8,18H,6,9-10H2. The minimum absolute atomic E-state index is 0.0900. The molecule has 0 saturated carbocycles. The fourth-order valence-electron chi connectivity index (χ4n) is 1.70. The average Bonchev–Trinajstić information content (AvgIpc) is 2.38. The van der Waals surface area contributed by atoms with Gasteiger partial charge in [0.05, 0.1) is 0 Å². The molecule has 0 bridgehead atoms. The van der Waals surface area contributed by atoms with Crippen LogP contribution >= 0.6 is 0 Å². The number of nitrogens with one attached hydrogen (secondary N) is 1. The van der Waals surface area contributed by atoms with Crippen LogP contribution in [0.1, 0.15) is 11.1 Å². The first kappa shape index (κ1) is 12.6. The van der Waals surface area contributed by atoms with Gasteiger partial charge >= 0.3 is 0 Å². The Hall–Kier alpha value is -1.81. The number of rotatable bonds is 5. The fraction of sp³-hybridized carbons (Fsp3) is 0.214. The maximum absolute atomic E-state index is 13.3. The zero-order chi connectivity index (χ0) is 12.8. The van der Waals surface area contributed by atoms with Crippen LogP contribution in [0.3, 0.4) is 0 Å². The molecule has 1 heterocycles. The SMILES string of the molecule is Fc1cccc(F)c1CNCCc1ccncc1. The highest BCUT2D eigenvalue weighted by molar-refractivity contribution is 5.19. The molecular weight excluding hydrogens is 234 g/mol. The first-order chi connectivity index (χ1) is 8.77. The molecule has 2 aromatic rings. The Bertz CT molecular complexity index is 480. The maximum atomic E-state index is 13.3. The molecule has 0 atom stereocenters. The maximum Gasteiger partial charge on any atom is 0.130 e. The smallest absolute Gasteiger partial charge is 0.130 e. The predicted molar refractivity (Wildman–Crippen MR) is 66.0 cm³/mol. The van der Waals surface area contributed by atoms with Crippen molar-refractivity contribution in [3.63, 3.8) is 0 Å². The zero-order valence-corrected chi connectivity index (χ0v) is 9.87. The monoisotopic (exact) mass is 248 g/mol. The van der Waals surface area contributed by atoms with E-state index in [1.54, 1.807) is 12.4 Å². The van der Waals surface area contributed by atoms with Crippen molar-refractivity contribution in [3.05, 3.63) is 65.5 Å². The minimum atomic E-state index is -0.508. The van der Waals surface area contributed by atoms with E-state index in [1.165, 1.54) is 18.2 Å². The lowest BCUT2D eigenvalue weighted by Gasteiger charge is -2.07. The van der Waals surface area contributed by atoms with E-state index in [9.17, 15) is 8.78 Å². The van der Waals surface area contributed by atoms with Gasteiger partial charge in [-0.2, -0.15) is 0 Å². The molecule has 2 nitrogen and oxygen atoms in total. The van der Waals surface area contributed by atoms with Crippen molar-refractivity contribution >= 4 is 0 Å². The summed E-state index contributed by atoms with van der Waals surface area (Å²) in [5.74, 6) is -1.02. The molecule has 94 valence electrons. The second-order valence-electron chi connectivity index (χ2n) is 3.98. The van der Waals surface area contributed by atoms with Gasteiger partial charge in [0, 0.05) is 24.5 Å². The zero-order valence-electron chi connectivity index (χ0n) is 9.87. The first-order valence-corrected chi connectivity index (χ1v) is 5.80. The molecule has 4 heteroatoms. The summed E-state index contributed by atoms with van der Waals surface area (Å²) in [7, 11) is 0. The molecule has 18 heavy (non-hydrogen) atoms. The Kier molecular flexibility index (Phi) is 4.36. The van der Waals surface area contributed by atoms with Gasteiger partial charge in [0.15, 0.2) is 0 Å². The number of pyridine rings is 1. The number of benzene rings is 1. The molecular formula is C14H14F2N2. The van der Waals surface area contributed by atoms with Crippen molar-refractivity contribution in [2.45, 2.75) is 13.0 Å². The van der Waals surface area contributed by atoms with E-state index in [0.717, 1.165) is 12.0 Å². The van der Waals surface area contributed by atoms with Crippen LogP contribution in [0.2, 0.25) is 0 Å². The third-order valence-corrected chi connectivity index (χ3v) is 2.70. The van der Waals surface area contributed by atoms with Gasteiger partial charge in [0.1, 0.15) is 11.6 Å². The van der Waals surface area contributed by atoms with Crippen molar-refractivity contribution in [2.24, 2.45) is 0 Å². The van der Waals surface area contributed by atoms with Gasteiger partial charge in [0.2, 0.25) is 0 Å². The molecule has 1 N–H and O–H groups in total. The topological polar surface area (TPSA) is 24.9 Å². The highest BCUT2D eigenvalue weighted by atomic mass is 19.1. The summed E-state index contributed by atoms with van der Waals surface area (Å²) in [5, 5.41) is 3.03. The molecule has 2 rings (SSSR count). The van der Waals surface area contributed by atoms with Crippen LogP contribution in [-0.2, 0) is 13.0 Å². The quantitative estimate of drug-likeness (QED) is 0.823. The van der Waals surface area contributed by atoms with Crippen LogP contribution in [0, 0.1) is 11.6 Å². The van der Waals surface area contributed by atoms with Crippen LogP contribution in [0.5, 0.6) is 0 Å².